The SMILES string of the molecule is FC(F)(F)C(F)(F)C(F)(F)C(F)(F)S. The first-order chi connectivity index (χ1) is 5.75. The molecule has 0 spiro atoms. The van der Waals surface area contributed by atoms with Crippen molar-refractivity contribution in [3.8, 4) is 0 Å². The van der Waals surface area contributed by atoms with Gasteiger partial charge in [-0.25, -0.2) is 0 Å². The van der Waals surface area contributed by atoms with Gasteiger partial charge in [0.25, 0.3) is 0 Å². The van der Waals surface area contributed by atoms with Crippen LogP contribution >= 0.6 is 12.6 Å². The van der Waals surface area contributed by atoms with Crippen LogP contribution in [0.3, 0.4) is 0 Å². The highest BCUT2D eigenvalue weighted by atomic mass is 32.1. The fourth-order valence-electron chi connectivity index (χ4n) is 0.367. The van der Waals surface area contributed by atoms with Gasteiger partial charge in [0.15, 0.2) is 0 Å². The molecule has 0 aliphatic heterocycles. The number of halogens is 9. The van der Waals surface area contributed by atoms with E-state index in [1.807, 2.05) is 0 Å². The lowest BCUT2D eigenvalue weighted by Crippen LogP contribution is -2.59. The van der Waals surface area contributed by atoms with Gasteiger partial charge >= 0.3 is 23.3 Å². The second-order valence-corrected chi connectivity index (χ2v) is 2.75. The first-order valence-corrected chi connectivity index (χ1v) is 3.12. The Bertz CT molecular complexity index is 186. The Kier molecular flexibility index (Phi) is 3.04. The Hall–Kier alpha value is -0.280. The van der Waals surface area contributed by atoms with Gasteiger partial charge in [-0.3, -0.25) is 0 Å². The minimum atomic E-state index is -6.84. The van der Waals surface area contributed by atoms with Gasteiger partial charge in [-0.2, -0.15) is 39.5 Å². The third-order valence-corrected chi connectivity index (χ3v) is 1.41. The lowest BCUT2D eigenvalue weighted by molar-refractivity contribution is -0.380. The summed E-state index contributed by atoms with van der Waals surface area (Å²) in [6, 6.07) is 0. The molecule has 0 aromatic heterocycles. The average Bonchev–Trinajstić information content (AvgIpc) is 1.81. The van der Waals surface area contributed by atoms with Crippen molar-refractivity contribution in [1.82, 2.24) is 0 Å². The molecule has 0 rings (SSSR count). The van der Waals surface area contributed by atoms with Crippen molar-refractivity contribution in [1.29, 1.82) is 0 Å². The van der Waals surface area contributed by atoms with E-state index in [1.165, 1.54) is 0 Å². The summed E-state index contributed by atoms with van der Waals surface area (Å²) in [6.45, 7) is 0. The predicted octanol–water partition coefficient (Wildman–Crippen LogP) is 3.34. The van der Waals surface area contributed by atoms with Crippen LogP contribution in [0.15, 0.2) is 0 Å². The van der Waals surface area contributed by atoms with Crippen LogP contribution in [-0.4, -0.2) is 23.3 Å². The molecule has 0 amide bonds. The summed E-state index contributed by atoms with van der Waals surface area (Å²) >= 11 is 1.70. The van der Waals surface area contributed by atoms with Crippen LogP contribution in [0.25, 0.3) is 0 Å². The predicted molar refractivity (Wildman–Crippen MR) is 29.9 cm³/mol. The standard InChI is InChI=1S/C4HF9S/c5-1(6,3(9,10)11)2(7,8)4(12,13)14/h14H. The van der Waals surface area contributed by atoms with Gasteiger partial charge in [-0.1, -0.05) is 12.6 Å². The van der Waals surface area contributed by atoms with E-state index in [4.69, 9.17) is 0 Å². The van der Waals surface area contributed by atoms with E-state index in [2.05, 4.69) is 0 Å². The van der Waals surface area contributed by atoms with Crippen molar-refractivity contribution >= 4 is 12.6 Å². The molecular weight excluding hydrogens is 251 g/mol. The van der Waals surface area contributed by atoms with Gasteiger partial charge in [0.2, 0.25) is 0 Å². The van der Waals surface area contributed by atoms with Gasteiger partial charge in [0.1, 0.15) is 0 Å². The van der Waals surface area contributed by atoms with E-state index >= 15 is 0 Å². The summed E-state index contributed by atoms with van der Waals surface area (Å²) < 4.78 is 105. The molecule has 0 saturated heterocycles. The lowest BCUT2D eigenvalue weighted by atomic mass is 10.1. The topological polar surface area (TPSA) is 0 Å². The van der Waals surface area contributed by atoms with E-state index in [0.717, 1.165) is 0 Å². The summed E-state index contributed by atoms with van der Waals surface area (Å²) in [5.74, 6) is -13.5. The number of hydrogen-bond acceptors (Lipinski definition) is 1. The van der Waals surface area contributed by atoms with Crippen LogP contribution in [0.4, 0.5) is 39.5 Å². The van der Waals surface area contributed by atoms with E-state index in [-0.39, 0.29) is 0 Å². The van der Waals surface area contributed by atoms with Gasteiger partial charge < -0.3 is 0 Å². The Morgan fingerprint density at radius 3 is 0.929 bits per heavy atom. The summed E-state index contributed by atoms with van der Waals surface area (Å²) in [7, 11) is 0. The van der Waals surface area contributed by atoms with Gasteiger partial charge in [-0.05, 0) is 0 Å². The molecule has 0 aromatic rings. The van der Waals surface area contributed by atoms with Crippen molar-refractivity contribution in [3.63, 3.8) is 0 Å². The molecule has 10 heteroatoms. The molecule has 0 aliphatic rings. The Morgan fingerprint density at radius 2 is 0.857 bits per heavy atom. The maximum atomic E-state index is 11.9. The average molecular weight is 252 g/mol. The quantitative estimate of drug-likeness (QED) is 0.565. The summed E-state index contributed by atoms with van der Waals surface area (Å²) in [5.41, 5.74) is 0. The smallest absolute Gasteiger partial charge is 0.191 e. The van der Waals surface area contributed by atoms with Gasteiger partial charge in [-0.15, -0.1) is 0 Å². The monoisotopic (exact) mass is 252 g/mol. The molecular formula is C4HF9S. The third kappa shape index (κ3) is 1.89. The van der Waals surface area contributed by atoms with Crippen molar-refractivity contribution < 1.29 is 39.5 Å². The fraction of sp³-hybridized carbons (Fsp3) is 1.00. The molecule has 0 N–H and O–H groups in total. The first-order valence-electron chi connectivity index (χ1n) is 2.67. The van der Waals surface area contributed by atoms with Crippen molar-refractivity contribution in [2.24, 2.45) is 0 Å². The molecule has 0 heterocycles. The first kappa shape index (κ1) is 13.7. The minimum absolute atomic E-state index is 1.70. The zero-order valence-electron chi connectivity index (χ0n) is 5.85. The highest BCUT2D eigenvalue weighted by molar-refractivity contribution is 7.81. The maximum Gasteiger partial charge on any atom is 0.460 e. The van der Waals surface area contributed by atoms with Crippen molar-refractivity contribution in [2.45, 2.75) is 23.3 Å². The third-order valence-electron chi connectivity index (χ3n) is 1.13. The van der Waals surface area contributed by atoms with Crippen LogP contribution in [0.5, 0.6) is 0 Å². The van der Waals surface area contributed by atoms with E-state index < -0.39 is 23.3 Å². The molecule has 0 nitrogen and oxygen atoms in total. The van der Waals surface area contributed by atoms with Crippen molar-refractivity contribution in [3.05, 3.63) is 0 Å². The highest BCUT2D eigenvalue weighted by Gasteiger charge is 2.80. The molecule has 0 aromatic carbocycles. The molecule has 0 unspecified atom stereocenters. The Labute approximate surface area is 76.5 Å². The second kappa shape index (κ2) is 3.11. The summed E-state index contributed by atoms with van der Waals surface area (Å²) in [5, 5.41) is -5.77. The minimum Gasteiger partial charge on any atom is -0.191 e. The molecule has 86 valence electrons. The van der Waals surface area contributed by atoms with Crippen LogP contribution in [0.2, 0.25) is 0 Å². The summed E-state index contributed by atoms with van der Waals surface area (Å²) in [4.78, 5) is 0. The van der Waals surface area contributed by atoms with Gasteiger partial charge in [0, 0.05) is 0 Å². The normalized spacial score (nSPS) is 15.9. The second-order valence-electron chi connectivity index (χ2n) is 2.19. The zero-order valence-corrected chi connectivity index (χ0v) is 6.74. The highest BCUT2D eigenvalue weighted by Crippen LogP contribution is 2.54. The van der Waals surface area contributed by atoms with E-state index in [0.29, 0.717) is 0 Å². The Morgan fingerprint density at radius 1 is 0.571 bits per heavy atom. The molecule has 0 bridgehead atoms. The van der Waals surface area contributed by atoms with Gasteiger partial charge in [0.05, 0.1) is 0 Å². The number of thiol groups is 1. The lowest BCUT2D eigenvalue weighted by Gasteiger charge is -2.30. The van der Waals surface area contributed by atoms with E-state index in [9.17, 15) is 39.5 Å². The van der Waals surface area contributed by atoms with Crippen molar-refractivity contribution in [2.75, 3.05) is 0 Å². The molecule has 0 aliphatic carbocycles. The molecule has 14 heavy (non-hydrogen) atoms. The van der Waals surface area contributed by atoms with Crippen LogP contribution in [0, 0.1) is 0 Å². The van der Waals surface area contributed by atoms with Crippen LogP contribution < -0.4 is 0 Å². The van der Waals surface area contributed by atoms with Crippen LogP contribution in [-0.2, 0) is 0 Å². The molecule has 0 fully saturated rings. The summed E-state index contributed by atoms with van der Waals surface area (Å²) in [6.07, 6.45) is -6.78. The number of rotatable bonds is 2. The largest absolute Gasteiger partial charge is 0.460 e. The Balaban J connectivity index is 5.30. The zero-order chi connectivity index (χ0) is 12.0. The maximum absolute atomic E-state index is 11.9. The number of alkyl halides is 9. The fourth-order valence-corrected chi connectivity index (χ4v) is 0.507. The molecule has 0 saturated carbocycles. The molecule has 0 radical (unpaired) electrons. The number of hydrogen-bond donors (Lipinski definition) is 1. The van der Waals surface area contributed by atoms with Crippen LogP contribution in [0.1, 0.15) is 0 Å². The molecule has 0 atom stereocenters. The van der Waals surface area contributed by atoms with E-state index in [1.54, 1.807) is 12.6 Å².